The van der Waals surface area contributed by atoms with Crippen molar-refractivity contribution in [2.75, 3.05) is 13.1 Å². The number of hydrogen-bond donors (Lipinski definition) is 2. The van der Waals surface area contributed by atoms with Crippen molar-refractivity contribution in [3.8, 4) is 5.75 Å². The van der Waals surface area contributed by atoms with Gasteiger partial charge in [0.05, 0.1) is 23.4 Å². The molecule has 0 saturated carbocycles. The minimum Gasteiger partial charge on any atom is -0.487 e. The number of carbonyl (C=O) groups excluding carboxylic acids is 2. The lowest BCUT2D eigenvalue weighted by atomic mass is 10.00. The molecule has 1 aliphatic heterocycles. The van der Waals surface area contributed by atoms with E-state index in [1.807, 2.05) is 0 Å². The first-order chi connectivity index (χ1) is 17.5. The highest BCUT2D eigenvalue weighted by Gasteiger charge is 2.35. The molecule has 1 fully saturated rings. The second-order valence-electron chi connectivity index (χ2n) is 9.01. The number of aromatic amines is 1. The Morgan fingerprint density at radius 2 is 1.78 bits per heavy atom. The van der Waals surface area contributed by atoms with Gasteiger partial charge in [-0.05, 0) is 18.1 Å². The summed E-state index contributed by atoms with van der Waals surface area (Å²) in [6.07, 6.45) is -2.17. The quantitative estimate of drug-likeness (QED) is 0.513. The smallest absolute Gasteiger partial charge is 0.451 e. The molecular weight excluding hydrogens is 493 g/mol. The van der Waals surface area contributed by atoms with Crippen LogP contribution in [-0.2, 0) is 11.0 Å². The van der Waals surface area contributed by atoms with Crippen LogP contribution in [0.3, 0.4) is 0 Å². The summed E-state index contributed by atoms with van der Waals surface area (Å²) >= 11 is 0. The van der Waals surface area contributed by atoms with Crippen LogP contribution in [0.1, 0.15) is 43.0 Å². The average molecular weight is 518 g/mol. The summed E-state index contributed by atoms with van der Waals surface area (Å²) in [5.41, 5.74) is -0.0481. The molecule has 0 bridgehead atoms. The fraction of sp³-hybridized carbons (Fsp3) is 0.417. The van der Waals surface area contributed by atoms with Gasteiger partial charge in [-0.2, -0.15) is 13.2 Å². The van der Waals surface area contributed by atoms with Crippen LogP contribution in [0.25, 0.3) is 11.0 Å². The van der Waals surface area contributed by atoms with Crippen molar-refractivity contribution in [1.29, 1.82) is 0 Å². The number of para-hydroxylation sites is 2. The van der Waals surface area contributed by atoms with Gasteiger partial charge in [0.1, 0.15) is 12.1 Å². The van der Waals surface area contributed by atoms with Gasteiger partial charge in [0.2, 0.25) is 11.7 Å². The lowest BCUT2D eigenvalue weighted by Gasteiger charge is -2.35. The number of amides is 2. The van der Waals surface area contributed by atoms with Crippen LogP contribution >= 0.6 is 0 Å². The second kappa shape index (κ2) is 10.5. The molecule has 4 rings (SSSR count). The molecule has 37 heavy (non-hydrogen) atoms. The number of rotatable bonds is 6. The number of ether oxygens (including phenoxy) is 1. The lowest BCUT2D eigenvalue weighted by molar-refractivity contribution is -0.145. The fourth-order valence-corrected chi connectivity index (χ4v) is 4.01. The van der Waals surface area contributed by atoms with Gasteiger partial charge >= 0.3 is 6.18 Å². The number of fused-ring (bicyclic) bond motifs is 1. The van der Waals surface area contributed by atoms with Crippen LogP contribution in [0, 0.1) is 5.92 Å². The first-order valence-electron chi connectivity index (χ1n) is 11.7. The summed E-state index contributed by atoms with van der Waals surface area (Å²) in [6, 6.07) is 5.91. The van der Waals surface area contributed by atoms with Crippen LogP contribution in [-0.4, -0.2) is 61.9 Å². The van der Waals surface area contributed by atoms with E-state index >= 15 is 0 Å². The molecule has 196 valence electrons. The second-order valence-corrected chi connectivity index (χ2v) is 9.01. The molecule has 2 N–H and O–H groups in total. The SMILES string of the molecule is CC(C)[C@H](NC(=O)c1nc2ccccc2[nH]c1=O)C(=O)N1CCC(Oc2cnc(C(F)(F)F)nc2)CC1. The third kappa shape index (κ3) is 6.04. The highest BCUT2D eigenvalue weighted by Crippen LogP contribution is 2.27. The molecule has 0 radical (unpaired) electrons. The zero-order valence-corrected chi connectivity index (χ0v) is 20.1. The Labute approximate surface area is 209 Å². The Morgan fingerprint density at radius 1 is 1.14 bits per heavy atom. The number of nitrogens with one attached hydrogen (secondary N) is 2. The molecule has 1 atom stereocenters. The van der Waals surface area contributed by atoms with Gasteiger partial charge in [-0.15, -0.1) is 0 Å². The van der Waals surface area contributed by atoms with Gasteiger partial charge in [-0.25, -0.2) is 15.0 Å². The Hall–Kier alpha value is -4.03. The molecule has 10 nitrogen and oxygen atoms in total. The van der Waals surface area contributed by atoms with Crippen molar-refractivity contribution < 1.29 is 27.5 Å². The number of piperidine rings is 1. The van der Waals surface area contributed by atoms with E-state index in [9.17, 15) is 27.6 Å². The Kier molecular flexibility index (Phi) is 7.41. The van der Waals surface area contributed by atoms with Crippen molar-refractivity contribution in [3.63, 3.8) is 0 Å². The van der Waals surface area contributed by atoms with E-state index in [0.29, 0.717) is 37.0 Å². The predicted octanol–water partition coefficient (Wildman–Crippen LogP) is 2.56. The summed E-state index contributed by atoms with van der Waals surface area (Å²) in [7, 11) is 0. The van der Waals surface area contributed by atoms with Crippen molar-refractivity contribution in [2.24, 2.45) is 5.92 Å². The lowest BCUT2D eigenvalue weighted by Crippen LogP contribution is -2.54. The summed E-state index contributed by atoms with van der Waals surface area (Å²) in [5, 5.41) is 2.65. The van der Waals surface area contributed by atoms with E-state index in [0.717, 1.165) is 12.4 Å². The van der Waals surface area contributed by atoms with Gasteiger partial charge in [0.25, 0.3) is 11.5 Å². The van der Waals surface area contributed by atoms with Gasteiger partial charge in [0, 0.05) is 25.9 Å². The standard InChI is InChI=1S/C24H25F3N6O4/c1-13(2)18(32-21(35)19-20(34)31-17-6-4-3-5-16(17)30-19)22(36)33-9-7-14(8-10-33)37-15-11-28-23(29-12-15)24(25,26)27/h3-6,11-14,18H,7-10H2,1-2H3,(H,31,34)(H,32,35)/t18-/m0/s1. The number of benzene rings is 1. The van der Waals surface area contributed by atoms with E-state index in [4.69, 9.17) is 4.74 Å². The van der Waals surface area contributed by atoms with Crippen LogP contribution < -0.4 is 15.6 Å². The number of likely N-dealkylation sites (tertiary alicyclic amines) is 1. The molecule has 1 aliphatic rings. The molecule has 3 heterocycles. The minimum atomic E-state index is -4.63. The third-order valence-electron chi connectivity index (χ3n) is 5.97. The number of halogens is 3. The van der Waals surface area contributed by atoms with Gasteiger partial charge in [0.15, 0.2) is 11.4 Å². The zero-order chi connectivity index (χ0) is 26.7. The monoisotopic (exact) mass is 518 g/mol. The molecule has 2 amide bonds. The molecule has 0 unspecified atom stereocenters. The van der Waals surface area contributed by atoms with Crippen LogP contribution in [0.15, 0.2) is 41.5 Å². The van der Waals surface area contributed by atoms with E-state index < -0.39 is 29.5 Å². The van der Waals surface area contributed by atoms with Crippen molar-refractivity contribution in [1.82, 2.24) is 30.2 Å². The molecular formula is C24H25F3N6O4. The summed E-state index contributed by atoms with van der Waals surface area (Å²) in [5.74, 6) is -2.47. The van der Waals surface area contributed by atoms with Crippen LogP contribution in [0.4, 0.5) is 13.2 Å². The van der Waals surface area contributed by atoms with E-state index in [1.54, 1.807) is 43.0 Å². The molecule has 0 spiro atoms. The Balaban J connectivity index is 1.37. The topological polar surface area (TPSA) is 130 Å². The first kappa shape index (κ1) is 26.0. The van der Waals surface area contributed by atoms with E-state index in [2.05, 4.69) is 25.3 Å². The number of carbonyl (C=O) groups is 2. The van der Waals surface area contributed by atoms with Crippen molar-refractivity contribution >= 4 is 22.8 Å². The maximum atomic E-state index is 13.2. The molecule has 1 aromatic carbocycles. The van der Waals surface area contributed by atoms with E-state index in [-0.39, 0.29) is 29.4 Å². The average Bonchev–Trinajstić information content (AvgIpc) is 2.86. The summed E-state index contributed by atoms with van der Waals surface area (Å²) in [4.78, 5) is 53.4. The van der Waals surface area contributed by atoms with Crippen LogP contribution in [0.5, 0.6) is 5.75 Å². The maximum Gasteiger partial charge on any atom is 0.451 e. The Morgan fingerprint density at radius 3 is 2.41 bits per heavy atom. The van der Waals surface area contributed by atoms with Gasteiger partial charge < -0.3 is 19.9 Å². The van der Waals surface area contributed by atoms with Crippen LogP contribution in [0.2, 0.25) is 0 Å². The van der Waals surface area contributed by atoms with Crippen molar-refractivity contribution in [2.45, 2.75) is 45.0 Å². The highest BCUT2D eigenvalue weighted by molar-refractivity contribution is 5.97. The molecule has 3 aromatic rings. The number of nitrogens with zero attached hydrogens (tertiary/aromatic N) is 4. The summed E-state index contributed by atoms with van der Waals surface area (Å²) in [6.45, 7) is 4.19. The zero-order valence-electron chi connectivity index (χ0n) is 20.1. The normalized spacial score (nSPS) is 15.6. The molecule has 0 aliphatic carbocycles. The third-order valence-corrected chi connectivity index (χ3v) is 5.97. The first-order valence-corrected chi connectivity index (χ1v) is 11.7. The molecule has 2 aromatic heterocycles. The fourth-order valence-electron chi connectivity index (χ4n) is 4.01. The number of aromatic nitrogens is 4. The van der Waals surface area contributed by atoms with E-state index in [1.165, 1.54) is 0 Å². The molecule has 13 heteroatoms. The molecule has 1 saturated heterocycles. The van der Waals surface area contributed by atoms with Crippen molar-refractivity contribution in [3.05, 3.63) is 58.5 Å². The Bertz CT molecular complexity index is 1330. The maximum absolute atomic E-state index is 13.2. The van der Waals surface area contributed by atoms with Gasteiger partial charge in [-0.1, -0.05) is 26.0 Å². The largest absolute Gasteiger partial charge is 0.487 e. The number of H-pyrrole nitrogens is 1. The highest BCUT2D eigenvalue weighted by atomic mass is 19.4. The number of hydrogen-bond acceptors (Lipinski definition) is 7. The van der Waals surface area contributed by atoms with Gasteiger partial charge in [-0.3, -0.25) is 14.4 Å². The number of alkyl halides is 3. The minimum absolute atomic E-state index is 0.109. The predicted molar refractivity (Wildman–Crippen MR) is 126 cm³/mol. The summed E-state index contributed by atoms with van der Waals surface area (Å²) < 4.78 is 43.6.